The summed E-state index contributed by atoms with van der Waals surface area (Å²) in [5.41, 5.74) is 5.71. The van der Waals surface area contributed by atoms with E-state index in [0.717, 1.165) is 25.3 Å². The van der Waals surface area contributed by atoms with Crippen molar-refractivity contribution in [2.24, 2.45) is 0 Å². The van der Waals surface area contributed by atoms with Gasteiger partial charge >= 0.3 is 10.2 Å². The Morgan fingerprint density at radius 2 is 1.89 bits per heavy atom. The molecule has 1 aliphatic rings. The minimum atomic E-state index is -3.69. The van der Waals surface area contributed by atoms with E-state index in [0.29, 0.717) is 18.8 Å². The Kier molecular flexibility index (Phi) is 3.72. The van der Waals surface area contributed by atoms with Crippen molar-refractivity contribution in [1.82, 2.24) is 4.31 Å². The number of hydrogen-bond acceptors (Lipinski definition) is 3. The van der Waals surface area contributed by atoms with Crippen molar-refractivity contribution in [3.05, 3.63) is 24.0 Å². The van der Waals surface area contributed by atoms with E-state index in [4.69, 9.17) is 5.73 Å². The van der Waals surface area contributed by atoms with Crippen LogP contribution in [0, 0.1) is 5.82 Å². The topological polar surface area (TPSA) is 75.4 Å². The highest BCUT2D eigenvalue weighted by Crippen LogP contribution is 2.21. The van der Waals surface area contributed by atoms with Gasteiger partial charge in [-0.3, -0.25) is 4.72 Å². The van der Waals surface area contributed by atoms with E-state index < -0.39 is 16.0 Å². The molecule has 0 saturated carbocycles. The quantitative estimate of drug-likeness (QED) is 0.820. The third-order valence-electron chi connectivity index (χ3n) is 2.88. The number of nitrogen functional groups attached to an aromatic ring is 1. The fourth-order valence-corrected chi connectivity index (χ4v) is 3.23. The molecule has 1 aromatic carbocycles. The van der Waals surface area contributed by atoms with E-state index in [1.807, 2.05) is 0 Å². The van der Waals surface area contributed by atoms with Gasteiger partial charge < -0.3 is 5.73 Å². The average molecular weight is 273 g/mol. The fraction of sp³-hybridized carbons (Fsp3) is 0.455. The number of hydrogen-bond donors (Lipinski definition) is 2. The monoisotopic (exact) mass is 273 g/mol. The highest BCUT2D eigenvalue weighted by Gasteiger charge is 2.24. The first-order valence-electron chi connectivity index (χ1n) is 5.82. The fourth-order valence-electron chi connectivity index (χ4n) is 1.93. The lowest BCUT2D eigenvalue weighted by Crippen LogP contribution is -2.39. The molecule has 3 N–H and O–H groups in total. The molecule has 2 rings (SSSR count). The summed E-state index contributed by atoms with van der Waals surface area (Å²) in [6.45, 7) is 0.943. The molecule has 7 heteroatoms. The van der Waals surface area contributed by atoms with Crippen molar-refractivity contribution in [3.63, 3.8) is 0 Å². The van der Waals surface area contributed by atoms with Crippen molar-refractivity contribution in [3.8, 4) is 0 Å². The number of anilines is 2. The molecule has 1 saturated heterocycles. The second-order valence-corrected chi connectivity index (χ2v) is 5.98. The van der Waals surface area contributed by atoms with E-state index in [2.05, 4.69) is 4.72 Å². The molecule has 1 aromatic rings. The first-order valence-corrected chi connectivity index (χ1v) is 7.26. The van der Waals surface area contributed by atoms with Crippen LogP contribution in [0.15, 0.2) is 18.2 Å². The van der Waals surface area contributed by atoms with Crippen LogP contribution in [0.3, 0.4) is 0 Å². The smallest absolute Gasteiger partial charge is 0.301 e. The molecule has 0 radical (unpaired) electrons. The molecule has 1 aliphatic heterocycles. The Morgan fingerprint density at radius 1 is 1.22 bits per heavy atom. The van der Waals surface area contributed by atoms with Gasteiger partial charge in [-0.15, -0.1) is 0 Å². The number of nitrogens with two attached hydrogens (primary N) is 1. The third kappa shape index (κ3) is 2.91. The van der Waals surface area contributed by atoms with Gasteiger partial charge in [-0.1, -0.05) is 6.42 Å². The molecule has 0 amide bonds. The highest BCUT2D eigenvalue weighted by atomic mass is 32.2. The van der Waals surface area contributed by atoms with Crippen molar-refractivity contribution in [2.45, 2.75) is 19.3 Å². The third-order valence-corrected chi connectivity index (χ3v) is 4.41. The SMILES string of the molecule is Nc1ccc(F)c(NS(=O)(=O)N2CCCCC2)c1. The molecule has 0 unspecified atom stereocenters. The summed E-state index contributed by atoms with van der Waals surface area (Å²) in [4.78, 5) is 0. The summed E-state index contributed by atoms with van der Waals surface area (Å²) in [5, 5.41) is 0. The minimum absolute atomic E-state index is 0.111. The lowest BCUT2D eigenvalue weighted by molar-refractivity contribution is 0.349. The molecule has 0 spiro atoms. The van der Waals surface area contributed by atoms with Gasteiger partial charge in [0.05, 0.1) is 5.69 Å². The van der Waals surface area contributed by atoms with Crippen LogP contribution in [0.2, 0.25) is 0 Å². The van der Waals surface area contributed by atoms with Crippen LogP contribution in [0.25, 0.3) is 0 Å². The van der Waals surface area contributed by atoms with Gasteiger partial charge in [0.25, 0.3) is 0 Å². The lowest BCUT2D eigenvalue weighted by atomic mass is 10.2. The van der Waals surface area contributed by atoms with Crippen molar-refractivity contribution in [2.75, 3.05) is 23.5 Å². The zero-order chi connectivity index (χ0) is 13.2. The first-order chi connectivity index (χ1) is 8.49. The zero-order valence-electron chi connectivity index (χ0n) is 9.89. The number of rotatable bonds is 3. The van der Waals surface area contributed by atoms with E-state index in [9.17, 15) is 12.8 Å². The summed E-state index contributed by atoms with van der Waals surface area (Å²) in [5.74, 6) is -0.634. The van der Waals surface area contributed by atoms with Crippen molar-refractivity contribution in [1.29, 1.82) is 0 Å². The molecular formula is C11H16FN3O2S. The number of piperidine rings is 1. The predicted molar refractivity (Wildman–Crippen MR) is 68.8 cm³/mol. The standard InChI is InChI=1S/C11H16FN3O2S/c12-10-5-4-9(13)8-11(10)14-18(16,17)15-6-2-1-3-7-15/h4-5,8,14H,1-3,6-7,13H2. The molecule has 1 heterocycles. The van der Waals surface area contributed by atoms with Crippen LogP contribution < -0.4 is 10.5 Å². The average Bonchev–Trinajstić information content (AvgIpc) is 2.35. The van der Waals surface area contributed by atoms with Crippen molar-refractivity contribution < 1.29 is 12.8 Å². The number of nitrogens with one attached hydrogen (secondary N) is 1. The minimum Gasteiger partial charge on any atom is -0.399 e. The molecule has 100 valence electrons. The maximum Gasteiger partial charge on any atom is 0.301 e. The maximum absolute atomic E-state index is 13.5. The Bertz CT molecular complexity index is 527. The van der Waals surface area contributed by atoms with Crippen molar-refractivity contribution >= 4 is 21.6 Å². The Morgan fingerprint density at radius 3 is 2.56 bits per heavy atom. The van der Waals surface area contributed by atoms with E-state index in [1.54, 1.807) is 0 Å². The molecule has 0 aromatic heterocycles. The Labute approximate surface area is 106 Å². The normalized spacial score (nSPS) is 17.6. The van der Waals surface area contributed by atoms with E-state index >= 15 is 0 Å². The summed E-state index contributed by atoms with van der Waals surface area (Å²) < 4.78 is 41.1. The molecule has 0 aliphatic carbocycles. The van der Waals surface area contributed by atoms with Gasteiger partial charge in [0.2, 0.25) is 0 Å². The first kappa shape index (κ1) is 13.1. The lowest BCUT2D eigenvalue weighted by Gasteiger charge is -2.26. The molecule has 1 fully saturated rings. The van der Waals surface area contributed by atoms with Crippen LogP contribution in [-0.2, 0) is 10.2 Å². The van der Waals surface area contributed by atoms with E-state index in [1.165, 1.54) is 16.4 Å². The summed E-state index contributed by atoms with van der Waals surface area (Å²) >= 11 is 0. The van der Waals surface area contributed by atoms with Gasteiger partial charge in [0, 0.05) is 18.8 Å². The van der Waals surface area contributed by atoms with Crippen LogP contribution in [-0.4, -0.2) is 25.8 Å². The Balaban J connectivity index is 2.18. The second kappa shape index (κ2) is 5.11. The maximum atomic E-state index is 13.5. The number of benzene rings is 1. The number of nitrogens with zero attached hydrogens (tertiary/aromatic N) is 1. The van der Waals surface area contributed by atoms with Gasteiger partial charge in [-0.05, 0) is 31.0 Å². The van der Waals surface area contributed by atoms with Crippen LogP contribution in [0.4, 0.5) is 15.8 Å². The molecule has 0 bridgehead atoms. The predicted octanol–water partition coefficient (Wildman–Crippen LogP) is 1.55. The number of halogens is 1. The largest absolute Gasteiger partial charge is 0.399 e. The highest BCUT2D eigenvalue weighted by molar-refractivity contribution is 7.90. The van der Waals surface area contributed by atoms with E-state index in [-0.39, 0.29) is 5.69 Å². The molecular weight excluding hydrogens is 257 g/mol. The molecule has 0 atom stereocenters. The van der Waals surface area contributed by atoms with Crippen LogP contribution >= 0.6 is 0 Å². The molecule has 18 heavy (non-hydrogen) atoms. The molecule has 5 nitrogen and oxygen atoms in total. The van der Waals surface area contributed by atoms with Gasteiger partial charge in [-0.2, -0.15) is 12.7 Å². The summed E-state index contributed by atoms with van der Waals surface area (Å²) in [6.07, 6.45) is 2.69. The van der Waals surface area contributed by atoms with Gasteiger partial charge in [0.15, 0.2) is 0 Å². The Hall–Kier alpha value is -1.34. The van der Waals surface area contributed by atoms with Crippen LogP contribution in [0.5, 0.6) is 0 Å². The zero-order valence-corrected chi connectivity index (χ0v) is 10.7. The van der Waals surface area contributed by atoms with Crippen LogP contribution in [0.1, 0.15) is 19.3 Å². The summed E-state index contributed by atoms with van der Waals surface area (Å²) in [7, 11) is -3.69. The second-order valence-electron chi connectivity index (χ2n) is 4.31. The summed E-state index contributed by atoms with van der Waals surface area (Å²) in [6, 6.07) is 3.80. The van der Waals surface area contributed by atoms with Gasteiger partial charge in [0.1, 0.15) is 5.82 Å². The van der Waals surface area contributed by atoms with Gasteiger partial charge in [-0.25, -0.2) is 4.39 Å².